The van der Waals surface area contributed by atoms with E-state index in [9.17, 15) is 13.2 Å². The van der Waals surface area contributed by atoms with Crippen LogP contribution in [0.3, 0.4) is 0 Å². The minimum atomic E-state index is -3.83. The van der Waals surface area contributed by atoms with Crippen LogP contribution in [-0.4, -0.2) is 60.6 Å². The molecule has 0 unspecified atom stereocenters. The minimum absolute atomic E-state index is 0.0822. The monoisotopic (exact) mass is 670 g/mol. The molecule has 5 rings (SSSR count). The first kappa shape index (κ1) is 32.2. The third-order valence-corrected chi connectivity index (χ3v) is 10.1. The summed E-state index contributed by atoms with van der Waals surface area (Å²) in [6.07, 6.45) is 3.04. The topological polar surface area (TPSA) is 99.6 Å². The average Bonchev–Trinajstić information content (AvgIpc) is 3.61. The molecule has 1 amide bonds. The number of benzene rings is 2. The van der Waals surface area contributed by atoms with Crippen LogP contribution in [-0.2, 0) is 16.8 Å². The molecule has 2 N–H and O–H groups in total. The number of halogens is 2. The SMILES string of the molecule is Cc1ccc(C#Cc2ccc(-c3c(CNS(=O)(=O)N(C)C)c(C(=O)NN4CCCCC4)nn3-c3ccc(Cl)cc3Cl)s2)cc1. The molecule has 9 nitrogen and oxygen atoms in total. The summed E-state index contributed by atoms with van der Waals surface area (Å²) in [6.45, 7) is 3.28. The van der Waals surface area contributed by atoms with E-state index >= 15 is 0 Å². The van der Waals surface area contributed by atoms with Crippen LogP contribution in [0.25, 0.3) is 16.3 Å². The predicted molar refractivity (Wildman–Crippen MR) is 176 cm³/mol. The molecule has 1 fully saturated rings. The largest absolute Gasteiger partial charge is 0.286 e. The number of nitrogens with zero attached hydrogens (tertiary/aromatic N) is 4. The fourth-order valence-electron chi connectivity index (χ4n) is 4.68. The Hall–Kier alpha value is -3.21. The lowest BCUT2D eigenvalue weighted by Crippen LogP contribution is -2.45. The van der Waals surface area contributed by atoms with Gasteiger partial charge in [0.2, 0.25) is 0 Å². The van der Waals surface area contributed by atoms with Gasteiger partial charge >= 0.3 is 0 Å². The quantitative estimate of drug-likeness (QED) is 0.236. The summed E-state index contributed by atoms with van der Waals surface area (Å²) < 4.78 is 30.8. The third-order valence-electron chi connectivity index (χ3n) is 7.09. The van der Waals surface area contributed by atoms with Gasteiger partial charge in [-0.25, -0.2) is 9.69 Å². The minimum Gasteiger partial charge on any atom is -0.283 e. The molecule has 2 aromatic heterocycles. The van der Waals surface area contributed by atoms with Crippen molar-refractivity contribution in [3.63, 3.8) is 0 Å². The molecule has 0 saturated carbocycles. The normalized spacial score (nSPS) is 14.0. The molecule has 1 aliphatic heterocycles. The molecule has 0 aliphatic carbocycles. The van der Waals surface area contributed by atoms with E-state index in [4.69, 9.17) is 28.3 Å². The number of amides is 1. The number of rotatable bonds is 8. The lowest BCUT2D eigenvalue weighted by Gasteiger charge is -2.26. The molecule has 0 spiro atoms. The molecule has 0 bridgehead atoms. The van der Waals surface area contributed by atoms with E-state index in [0.29, 0.717) is 27.0 Å². The van der Waals surface area contributed by atoms with Crippen LogP contribution in [0.15, 0.2) is 54.6 Å². The summed E-state index contributed by atoms with van der Waals surface area (Å²) >= 11 is 14.3. The number of thiophene rings is 1. The van der Waals surface area contributed by atoms with Gasteiger partial charge in [0.05, 0.1) is 26.2 Å². The van der Waals surface area contributed by atoms with Gasteiger partial charge in [-0.2, -0.15) is 22.5 Å². The van der Waals surface area contributed by atoms with Crippen molar-refractivity contribution in [2.45, 2.75) is 32.7 Å². The highest BCUT2D eigenvalue weighted by Gasteiger charge is 2.29. The highest BCUT2D eigenvalue weighted by Crippen LogP contribution is 2.36. The number of hydrogen-bond acceptors (Lipinski definition) is 6. The van der Waals surface area contributed by atoms with E-state index in [1.165, 1.54) is 25.4 Å². The number of carbonyl (C=O) groups is 1. The molecular weight excluding hydrogens is 639 g/mol. The molecule has 13 heteroatoms. The van der Waals surface area contributed by atoms with Crippen molar-refractivity contribution >= 4 is 50.7 Å². The second kappa shape index (κ2) is 13.8. The second-order valence-corrected chi connectivity index (χ2v) is 14.5. The number of aryl methyl sites for hydroxylation is 1. The fraction of sp³-hybridized carbons (Fsp3) is 0.290. The molecular formula is C31H32Cl2N6O3S2. The van der Waals surface area contributed by atoms with Gasteiger partial charge in [0, 0.05) is 49.9 Å². The third kappa shape index (κ3) is 7.53. The van der Waals surface area contributed by atoms with Gasteiger partial charge in [-0.1, -0.05) is 59.2 Å². The number of hydrogen-bond donors (Lipinski definition) is 2. The van der Waals surface area contributed by atoms with Gasteiger partial charge in [-0.3, -0.25) is 10.2 Å². The van der Waals surface area contributed by atoms with Gasteiger partial charge in [0.1, 0.15) is 0 Å². The van der Waals surface area contributed by atoms with Crippen molar-refractivity contribution in [3.05, 3.63) is 91.9 Å². The van der Waals surface area contributed by atoms with Gasteiger partial charge in [-0.15, -0.1) is 11.3 Å². The summed E-state index contributed by atoms with van der Waals surface area (Å²) in [5.74, 6) is 5.97. The Morgan fingerprint density at radius 3 is 2.43 bits per heavy atom. The lowest BCUT2D eigenvalue weighted by molar-refractivity contribution is 0.0743. The van der Waals surface area contributed by atoms with Crippen molar-refractivity contribution < 1.29 is 13.2 Å². The van der Waals surface area contributed by atoms with Crippen LogP contribution >= 0.6 is 34.5 Å². The van der Waals surface area contributed by atoms with E-state index in [1.54, 1.807) is 22.9 Å². The maximum atomic E-state index is 13.8. The zero-order chi connectivity index (χ0) is 31.4. The van der Waals surface area contributed by atoms with Crippen molar-refractivity contribution in [2.24, 2.45) is 0 Å². The van der Waals surface area contributed by atoms with Gasteiger partial charge < -0.3 is 0 Å². The Bertz CT molecular complexity index is 1830. The number of piperidine rings is 1. The number of carbonyl (C=O) groups excluding carboxylic acids is 1. The second-order valence-electron chi connectivity index (χ2n) is 10.6. The van der Waals surface area contributed by atoms with Crippen LogP contribution in [0.2, 0.25) is 10.0 Å². The van der Waals surface area contributed by atoms with Crippen molar-refractivity contribution in [2.75, 3.05) is 27.2 Å². The maximum absolute atomic E-state index is 13.8. The summed E-state index contributed by atoms with van der Waals surface area (Å²) in [5, 5.41) is 7.38. The van der Waals surface area contributed by atoms with E-state index in [0.717, 1.165) is 57.5 Å². The zero-order valence-electron chi connectivity index (χ0n) is 24.5. The lowest BCUT2D eigenvalue weighted by atomic mass is 10.1. The van der Waals surface area contributed by atoms with Gasteiger partial charge in [0.25, 0.3) is 16.1 Å². The maximum Gasteiger partial charge on any atom is 0.286 e. The summed E-state index contributed by atoms with van der Waals surface area (Å²) in [4.78, 5) is 15.3. The van der Waals surface area contributed by atoms with E-state index in [2.05, 4.69) is 22.0 Å². The zero-order valence-corrected chi connectivity index (χ0v) is 27.7. The van der Waals surface area contributed by atoms with E-state index in [-0.39, 0.29) is 12.2 Å². The van der Waals surface area contributed by atoms with Gasteiger partial charge in [-0.05, 0) is 62.2 Å². The molecule has 44 heavy (non-hydrogen) atoms. The van der Waals surface area contributed by atoms with Crippen LogP contribution in [0, 0.1) is 18.8 Å². The molecule has 4 aromatic rings. The number of hydrazine groups is 1. The smallest absolute Gasteiger partial charge is 0.283 e. The number of aromatic nitrogens is 2. The van der Waals surface area contributed by atoms with Gasteiger partial charge in [0.15, 0.2) is 5.69 Å². The molecule has 2 aromatic carbocycles. The Kier molecular flexibility index (Phi) is 10.1. The average molecular weight is 672 g/mol. The molecule has 0 radical (unpaired) electrons. The highest BCUT2D eigenvalue weighted by molar-refractivity contribution is 7.87. The van der Waals surface area contributed by atoms with E-state index < -0.39 is 16.1 Å². The van der Waals surface area contributed by atoms with E-state index in [1.807, 2.05) is 48.3 Å². The Morgan fingerprint density at radius 2 is 1.75 bits per heavy atom. The molecule has 3 heterocycles. The molecule has 0 atom stereocenters. The van der Waals surface area contributed by atoms with Crippen LogP contribution in [0.5, 0.6) is 0 Å². The predicted octanol–water partition coefficient (Wildman–Crippen LogP) is 5.64. The standard InChI is InChI=1S/C31H32Cl2N6O3S2/c1-21-7-9-22(10-8-21)11-13-24-14-16-28(43-24)30-25(20-34-44(41,42)37(2)3)29(31(40)36-38-17-5-4-6-18-38)35-39(30)27-15-12-23(32)19-26(27)33/h7-10,12,14-16,19,34H,4-6,17-18,20H2,1-3H3,(H,36,40). The first-order chi connectivity index (χ1) is 21.0. The Labute approximate surface area is 271 Å². The van der Waals surface area contributed by atoms with Crippen molar-refractivity contribution in [1.29, 1.82) is 0 Å². The Balaban J connectivity index is 1.64. The summed E-state index contributed by atoms with van der Waals surface area (Å²) in [5.41, 5.74) is 6.50. The Morgan fingerprint density at radius 1 is 1.02 bits per heavy atom. The van der Waals surface area contributed by atoms with Crippen LogP contribution in [0.4, 0.5) is 0 Å². The summed E-state index contributed by atoms with van der Waals surface area (Å²) in [6, 6.07) is 16.7. The fourth-order valence-corrected chi connectivity index (χ4v) is 6.67. The van der Waals surface area contributed by atoms with Crippen LogP contribution < -0.4 is 10.1 Å². The molecule has 1 aliphatic rings. The first-order valence-corrected chi connectivity index (χ1v) is 17.0. The van der Waals surface area contributed by atoms with Crippen molar-refractivity contribution in [3.8, 4) is 28.1 Å². The van der Waals surface area contributed by atoms with Crippen LogP contribution in [0.1, 0.15) is 51.3 Å². The molecule has 1 saturated heterocycles. The number of nitrogens with one attached hydrogen (secondary N) is 2. The van der Waals surface area contributed by atoms with Crippen molar-refractivity contribution in [1.82, 2.24) is 29.2 Å². The first-order valence-electron chi connectivity index (χ1n) is 14.0. The molecule has 230 valence electrons. The summed E-state index contributed by atoms with van der Waals surface area (Å²) in [7, 11) is -0.964. The highest BCUT2D eigenvalue weighted by atomic mass is 35.5.